The molecule has 0 atom stereocenters. The maximum absolute atomic E-state index is 10.7. The van der Waals surface area contributed by atoms with Crippen molar-refractivity contribution in [1.29, 1.82) is 0 Å². The Kier molecular flexibility index (Phi) is 16.3. The third kappa shape index (κ3) is 13.7. The molecule has 3 nitrogen and oxygen atoms in total. The van der Waals surface area contributed by atoms with Gasteiger partial charge >= 0.3 is 0 Å². The van der Waals surface area contributed by atoms with Crippen LogP contribution in [0.2, 0.25) is 0 Å². The molecule has 0 rings (SSSR count). The largest absolute Gasteiger partial charge is 0.356 e. The van der Waals surface area contributed by atoms with Crippen LogP contribution in [0.25, 0.3) is 0 Å². The third-order valence-electron chi connectivity index (χ3n) is 1.64. The summed E-state index contributed by atoms with van der Waals surface area (Å²) >= 11 is 0. The molecule has 0 unspecified atom stereocenters. The second kappa shape index (κ2) is 14.7. The highest BCUT2D eigenvalue weighted by molar-refractivity contribution is 5.75. The fraction of sp³-hybridized carbons (Fsp3) is 0.818. The van der Waals surface area contributed by atoms with Gasteiger partial charge in [-0.1, -0.05) is 27.2 Å². The number of amides is 1. The molecule has 3 heteroatoms. The molecule has 0 spiro atoms. The molecule has 84 valence electrons. The fourth-order valence-corrected chi connectivity index (χ4v) is 0.882. The Morgan fingerprint density at radius 2 is 1.86 bits per heavy atom. The van der Waals surface area contributed by atoms with Gasteiger partial charge in [0.25, 0.3) is 0 Å². The van der Waals surface area contributed by atoms with Crippen LogP contribution in [0.5, 0.6) is 0 Å². The first-order valence-corrected chi connectivity index (χ1v) is 5.51. The Bertz CT molecular complexity index is 135. The van der Waals surface area contributed by atoms with Crippen molar-refractivity contribution in [2.45, 2.75) is 52.9 Å². The monoisotopic (exact) mass is 201 g/mol. The van der Waals surface area contributed by atoms with Crippen LogP contribution < -0.4 is 5.32 Å². The van der Waals surface area contributed by atoms with Gasteiger partial charge in [-0.2, -0.15) is 0 Å². The summed E-state index contributed by atoms with van der Waals surface area (Å²) in [5.74, 6) is 0.102. The lowest BCUT2D eigenvalue weighted by atomic mass is 10.2. The summed E-state index contributed by atoms with van der Waals surface area (Å²) in [5.41, 5.74) is 0. The summed E-state index contributed by atoms with van der Waals surface area (Å²) in [6.45, 7) is 6.58. The van der Waals surface area contributed by atoms with Crippen molar-refractivity contribution in [3.63, 3.8) is 0 Å². The van der Waals surface area contributed by atoms with Crippen molar-refractivity contribution >= 4 is 12.2 Å². The number of unbranched alkanes of at least 4 members (excludes halogenated alkanes) is 3. The molecule has 1 N–H and O–H groups in total. The molecule has 0 aliphatic rings. The molecule has 1 amide bonds. The lowest BCUT2D eigenvalue weighted by molar-refractivity contribution is -0.120. The molecule has 0 aromatic carbocycles. The molecule has 0 aliphatic carbocycles. The van der Waals surface area contributed by atoms with Gasteiger partial charge in [0.1, 0.15) is 6.29 Å². The highest BCUT2D eigenvalue weighted by atomic mass is 16.1. The van der Waals surface area contributed by atoms with E-state index in [1.54, 1.807) is 0 Å². The predicted octanol–water partition coefficient (Wildman–Crippen LogP) is 2.30. The Morgan fingerprint density at radius 1 is 1.21 bits per heavy atom. The average Bonchev–Trinajstić information content (AvgIpc) is 2.25. The summed E-state index contributed by atoms with van der Waals surface area (Å²) in [6.07, 6.45) is 5.05. The zero-order chi connectivity index (χ0) is 11.2. The van der Waals surface area contributed by atoms with Crippen molar-refractivity contribution in [3.8, 4) is 0 Å². The number of hydrogen-bond acceptors (Lipinski definition) is 2. The summed E-state index contributed by atoms with van der Waals surface area (Å²) < 4.78 is 0. The van der Waals surface area contributed by atoms with Crippen LogP contribution in [0.3, 0.4) is 0 Å². The molecule has 0 fully saturated rings. The quantitative estimate of drug-likeness (QED) is 0.507. The Balaban J connectivity index is 0. The van der Waals surface area contributed by atoms with Gasteiger partial charge in [-0.05, 0) is 12.8 Å². The summed E-state index contributed by atoms with van der Waals surface area (Å²) in [7, 11) is 0. The smallest absolute Gasteiger partial charge is 0.219 e. The molecule has 0 heterocycles. The lowest BCUT2D eigenvalue weighted by Crippen LogP contribution is -2.23. The highest BCUT2D eigenvalue weighted by Gasteiger charge is 1.94. The standard InChI is InChI=1S/C9H17NO2.C2H6/c1-2-9(12)10-7-5-3-4-6-8-11;1-2/h8H,2-7H2,1H3,(H,10,12);1-2H3. The molecule has 0 radical (unpaired) electrons. The summed E-state index contributed by atoms with van der Waals surface area (Å²) in [4.78, 5) is 20.7. The van der Waals surface area contributed by atoms with Crippen LogP contribution >= 0.6 is 0 Å². The van der Waals surface area contributed by atoms with Crippen LogP contribution in [0, 0.1) is 0 Å². The molecule has 0 aromatic heterocycles. The zero-order valence-electron chi connectivity index (χ0n) is 9.64. The number of carbonyl (C=O) groups excluding carboxylic acids is 2. The minimum absolute atomic E-state index is 0.102. The molecule has 0 aromatic rings. The molecule has 0 saturated carbocycles. The van der Waals surface area contributed by atoms with Crippen molar-refractivity contribution in [1.82, 2.24) is 5.32 Å². The number of hydrogen-bond donors (Lipinski definition) is 1. The van der Waals surface area contributed by atoms with Crippen LogP contribution in [-0.2, 0) is 9.59 Å². The van der Waals surface area contributed by atoms with E-state index >= 15 is 0 Å². The van der Waals surface area contributed by atoms with E-state index in [9.17, 15) is 9.59 Å². The number of nitrogens with one attached hydrogen (secondary N) is 1. The molecule has 0 bridgehead atoms. The summed E-state index contributed by atoms with van der Waals surface area (Å²) in [6, 6.07) is 0. The number of aldehydes is 1. The predicted molar refractivity (Wildman–Crippen MR) is 59.2 cm³/mol. The van der Waals surface area contributed by atoms with E-state index in [-0.39, 0.29) is 5.91 Å². The number of rotatable bonds is 7. The van der Waals surface area contributed by atoms with Crippen molar-refractivity contribution < 1.29 is 9.59 Å². The van der Waals surface area contributed by atoms with Gasteiger partial charge in [-0.15, -0.1) is 0 Å². The first kappa shape index (κ1) is 15.6. The van der Waals surface area contributed by atoms with Crippen LogP contribution in [-0.4, -0.2) is 18.7 Å². The molecule has 0 aliphatic heterocycles. The van der Waals surface area contributed by atoms with Crippen molar-refractivity contribution in [3.05, 3.63) is 0 Å². The Labute approximate surface area is 87.3 Å². The Morgan fingerprint density at radius 3 is 2.36 bits per heavy atom. The van der Waals surface area contributed by atoms with Gasteiger partial charge in [0.05, 0.1) is 0 Å². The van der Waals surface area contributed by atoms with Gasteiger partial charge in [-0.25, -0.2) is 0 Å². The van der Waals surface area contributed by atoms with E-state index in [0.29, 0.717) is 12.8 Å². The second-order valence-electron chi connectivity index (χ2n) is 2.72. The van der Waals surface area contributed by atoms with Crippen LogP contribution in [0.4, 0.5) is 0 Å². The van der Waals surface area contributed by atoms with Gasteiger partial charge in [-0.3, -0.25) is 4.79 Å². The van der Waals surface area contributed by atoms with E-state index in [2.05, 4.69) is 5.32 Å². The maximum Gasteiger partial charge on any atom is 0.219 e. The molecule has 14 heavy (non-hydrogen) atoms. The Hall–Kier alpha value is -0.860. The van der Waals surface area contributed by atoms with Crippen molar-refractivity contribution in [2.75, 3.05) is 6.54 Å². The van der Waals surface area contributed by atoms with E-state index in [1.807, 2.05) is 20.8 Å². The van der Waals surface area contributed by atoms with E-state index < -0.39 is 0 Å². The SMILES string of the molecule is CC.CCC(=O)NCCCCCC=O. The van der Waals surface area contributed by atoms with E-state index in [4.69, 9.17) is 0 Å². The highest BCUT2D eigenvalue weighted by Crippen LogP contribution is 1.96. The molecular formula is C11H23NO2. The average molecular weight is 201 g/mol. The second-order valence-corrected chi connectivity index (χ2v) is 2.72. The zero-order valence-corrected chi connectivity index (χ0v) is 9.64. The minimum atomic E-state index is 0.102. The van der Waals surface area contributed by atoms with Crippen LogP contribution in [0.15, 0.2) is 0 Å². The first-order valence-electron chi connectivity index (χ1n) is 5.51. The third-order valence-corrected chi connectivity index (χ3v) is 1.64. The van der Waals surface area contributed by atoms with Gasteiger partial charge in [0, 0.05) is 19.4 Å². The van der Waals surface area contributed by atoms with E-state index in [0.717, 1.165) is 32.1 Å². The minimum Gasteiger partial charge on any atom is -0.356 e. The van der Waals surface area contributed by atoms with E-state index in [1.165, 1.54) is 0 Å². The van der Waals surface area contributed by atoms with Gasteiger partial charge in [0.2, 0.25) is 5.91 Å². The normalized spacial score (nSPS) is 8.50. The fourth-order valence-electron chi connectivity index (χ4n) is 0.882. The number of carbonyl (C=O) groups is 2. The molecule has 0 saturated heterocycles. The topological polar surface area (TPSA) is 46.2 Å². The van der Waals surface area contributed by atoms with Gasteiger partial charge in [0.15, 0.2) is 0 Å². The first-order chi connectivity index (χ1) is 6.81. The molecular weight excluding hydrogens is 178 g/mol. The van der Waals surface area contributed by atoms with Crippen molar-refractivity contribution in [2.24, 2.45) is 0 Å². The lowest BCUT2D eigenvalue weighted by Gasteiger charge is -2.01. The van der Waals surface area contributed by atoms with Gasteiger partial charge < -0.3 is 10.1 Å². The van der Waals surface area contributed by atoms with Crippen LogP contribution in [0.1, 0.15) is 52.9 Å². The maximum atomic E-state index is 10.7. The summed E-state index contributed by atoms with van der Waals surface area (Å²) in [5, 5.41) is 2.78.